The Morgan fingerprint density at radius 1 is 1.07 bits per heavy atom. The summed E-state index contributed by atoms with van der Waals surface area (Å²) < 4.78 is 10.7. The molecule has 0 bridgehead atoms. The van der Waals surface area contributed by atoms with Gasteiger partial charge in [0.2, 0.25) is 5.89 Å². The second-order valence-electron chi connectivity index (χ2n) is 6.06. The second kappa shape index (κ2) is 9.32. The number of amides is 2. The first-order chi connectivity index (χ1) is 14.5. The number of carbonyl (C=O) groups is 3. The fourth-order valence-corrected chi connectivity index (χ4v) is 2.46. The molecule has 0 saturated carbocycles. The lowest BCUT2D eigenvalue weighted by Gasteiger charge is -2.07. The number of nitrogens with zero attached hydrogens (tertiary/aromatic N) is 2. The molecule has 10 heteroatoms. The number of rotatable bonds is 7. The van der Waals surface area contributed by atoms with Crippen LogP contribution >= 0.6 is 0 Å². The van der Waals surface area contributed by atoms with Crippen molar-refractivity contribution in [1.29, 1.82) is 0 Å². The van der Waals surface area contributed by atoms with E-state index < -0.39 is 30.8 Å². The Hall–Kier alpha value is -4.21. The molecule has 0 aliphatic heterocycles. The molecule has 3 aromatic rings. The maximum atomic E-state index is 11.9. The minimum absolute atomic E-state index is 0.0753. The molecule has 0 radical (unpaired) electrons. The Balaban J connectivity index is 1.51. The molecule has 30 heavy (non-hydrogen) atoms. The van der Waals surface area contributed by atoms with Crippen molar-refractivity contribution in [2.24, 2.45) is 0 Å². The average molecular weight is 410 g/mol. The number of esters is 1. The number of nitrogens with one attached hydrogen (secondary N) is 2. The van der Waals surface area contributed by atoms with Crippen molar-refractivity contribution in [3.05, 3.63) is 70.7 Å². The summed E-state index contributed by atoms with van der Waals surface area (Å²) in [6.45, 7) is -1.04. The van der Waals surface area contributed by atoms with Crippen molar-refractivity contribution < 1.29 is 23.5 Å². The molecular weight excluding hydrogens is 392 g/mol. The first-order valence-corrected chi connectivity index (χ1v) is 8.87. The van der Waals surface area contributed by atoms with Gasteiger partial charge < -0.3 is 19.8 Å². The van der Waals surface area contributed by atoms with E-state index in [4.69, 9.17) is 9.15 Å². The highest BCUT2D eigenvalue weighted by atomic mass is 16.5. The molecule has 0 saturated heterocycles. The number of benzene rings is 2. The number of aromatic nitrogens is 2. The fraction of sp³-hybridized carbons (Fsp3) is 0.150. The molecule has 2 amide bonds. The lowest BCUT2D eigenvalue weighted by Crippen LogP contribution is -2.26. The summed E-state index contributed by atoms with van der Waals surface area (Å²) in [7, 11) is 1.52. The van der Waals surface area contributed by atoms with Crippen LogP contribution < -0.4 is 16.4 Å². The number of ether oxygens (including phenoxy) is 1. The topological polar surface area (TPSA) is 133 Å². The minimum atomic E-state index is -0.824. The summed E-state index contributed by atoms with van der Waals surface area (Å²) in [5.74, 6) is -2.39. The van der Waals surface area contributed by atoms with Crippen LogP contribution in [-0.4, -0.2) is 41.2 Å². The lowest BCUT2D eigenvalue weighted by atomic mass is 10.2. The van der Waals surface area contributed by atoms with Gasteiger partial charge in [-0.05, 0) is 36.4 Å². The van der Waals surface area contributed by atoms with Gasteiger partial charge in [-0.3, -0.25) is 14.4 Å². The van der Waals surface area contributed by atoms with E-state index >= 15 is 0 Å². The second-order valence-corrected chi connectivity index (χ2v) is 6.06. The van der Waals surface area contributed by atoms with E-state index in [1.807, 2.05) is 0 Å². The van der Waals surface area contributed by atoms with E-state index in [9.17, 15) is 19.2 Å². The summed E-state index contributed by atoms with van der Waals surface area (Å²) in [6, 6.07) is 14.9. The van der Waals surface area contributed by atoms with Crippen molar-refractivity contribution in [1.82, 2.24) is 15.1 Å². The predicted octanol–water partition coefficient (Wildman–Crippen LogP) is 1.04. The van der Waals surface area contributed by atoms with Crippen LogP contribution in [0.5, 0.6) is 0 Å². The molecule has 10 nitrogen and oxygen atoms in total. The molecule has 1 aromatic heterocycles. The maximum Gasteiger partial charge on any atom is 0.437 e. The minimum Gasteiger partial charge on any atom is -0.454 e. The molecule has 0 aliphatic rings. The van der Waals surface area contributed by atoms with Crippen LogP contribution in [0.2, 0.25) is 0 Å². The third-order valence-electron chi connectivity index (χ3n) is 3.93. The monoisotopic (exact) mass is 410 g/mol. The molecule has 154 valence electrons. The van der Waals surface area contributed by atoms with Gasteiger partial charge in [-0.25, -0.2) is 4.79 Å². The average Bonchev–Trinajstić information content (AvgIpc) is 3.13. The Labute approximate surface area is 170 Å². The van der Waals surface area contributed by atoms with Gasteiger partial charge in [0.05, 0.1) is 0 Å². The lowest BCUT2D eigenvalue weighted by molar-refractivity contribution is -0.148. The first-order valence-electron chi connectivity index (χ1n) is 8.87. The van der Waals surface area contributed by atoms with Crippen molar-refractivity contribution in [2.45, 2.75) is 6.54 Å². The molecule has 0 fully saturated rings. The fourth-order valence-electron chi connectivity index (χ4n) is 2.46. The summed E-state index contributed by atoms with van der Waals surface area (Å²) in [4.78, 5) is 47.2. The summed E-state index contributed by atoms with van der Waals surface area (Å²) in [5.41, 5.74) is 1.46. The number of carbonyl (C=O) groups excluding carboxylic acids is 3. The highest BCUT2D eigenvalue weighted by Crippen LogP contribution is 2.14. The zero-order valence-corrected chi connectivity index (χ0v) is 16.0. The summed E-state index contributed by atoms with van der Waals surface area (Å²) in [6.07, 6.45) is 0. The van der Waals surface area contributed by atoms with Gasteiger partial charge in [-0.15, -0.1) is 5.10 Å². The van der Waals surface area contributed by atoms with Crippen molar-refractivity contribution in [2.75, 3.05) is 19.0 Å². The molecule has 0 atom stereocenters. The third kappa shape index (κ3) is 5.19. The van der Waals surface area contributed by atoms with Crippen LogP contribution in [0.25, 0.3) is 11.5 Å². The van der Waals surface area contributed by atoms with E-state index in [2.05, 4.69) is 15.7 Å². The van der Waals surface area contributed by atoms with Crippen LogP contribution in [-0.2, 0) is 20.9 Å². The van der Waals surface area contributed by atoms with Crippen LogP contribution in [0.4, 0.5) is 5.69 Å². The van der Waals surface area contributed by atoms with Gasteiger partial charge in [0.15, 0.2) is 6.61 Å². The van der Waals surface area contributed by atoms with Crippen molar-refractivity contribution in [3.63, 3.8) is 0 Å². The quantitative estimate of drug-likeness (QED) is 0.556. The van der Waals surface area contributed by atoms with Gasteiger partial charge in [0, 0.05) is 23.9 Å². The van der Waals surface area contributed by atoms with Crippen molar-refractivity contribution in [3.8, 4) is 11.5 Å². The SMILES string of the molecule is CNC(=O)c1ccc(NC(=O)COC(=O)Cn2nc(-c3ccccc3)oc2=O)cc1. The van der Waals surface area contributed by atoms with Crippen molar-refractivity contribution >= 4 is 23.5 Å². The van der Waals surface area contributed by atoms with Crippen LogP contribution in [0.3, 0.4) is 0 Å². The third-order valence-corrected chi connectivity index (χ3v) is 3.93. The zero-order chi connectivity index (χ0) is 21.5. The molecule has 0 unspecified atom stereocenters. The molecule has 3 rings (SSSR count). The first kappa shape index (κ1) is 20.5. The maximum absolute atomic E-state index is 11.9. The Kier molecular flexibility index (Phi) is 6.38. The summed E-state index contributed by atoms with van der Waals surface area (Å²) in [5, 5.41) is 8.97. The molecule has 1 heterocycles. The van der Waals surface area contributed by atoms with E-state index in [1.54, 1.807) is 54.6 Å². The van der Waals surface area contributed by atoms with Gasteiger partial charge in [0.25, 0.3) is 11.8 Å². The smallest absolute Gasteiger partial charge is 0.437 e. The number of hydrogen-bond donors (Lipinski definition) is 2. The summed E-state index contributed by atoms with van der Waals surface area (Å²) >= 11 is 0. The highest BCUT2D eigenvalue weighted by Gasteiger charge is 2.15. The van der Waals surface area contributed by atoms with Gasteiger partial charge in [-0.1, -0.05) is 18.2 Å². The largest absolute Gasteiger partial charge is 0.454 e. The van der Waals surface area contributed by atoms with Gasteiger partial charge in [-0.2, -0.15) is 4.68 Å². The molecule has 0 aliphatic carbocycles. The molecule has 0 spiro atoms. The van der Waals surface area contributed by atoms with Crippen LogP contribution in [0.1, 0.15) is 10.4 Å². The van der Waals surface area contributed by atoms with Crippen LogP contribution in [0.15, 0.2) is 63.8 Å². The van der Waals surface area contributed by atoms with Gasteiger partial charge in [0.1, 0.15) is 6.54 Å². The van der Waals surface area contributed by atoms with E-state index in [0.29, 0.717) is 16.8 Å². The number of anilines is 1. The predicted molar refractivity (Wildman–Crippen MR) is 106 cm³/mol. The van der Waals surface area contributed by atoms with E-state index in [-0.39, 0.29) is 11.8 Å². The molecule has 2 aromatic carbocycles. The van der Waals surface area contributed by atoms with E-state index in [1.165, 1.54) is 7.05 Å². The Morgan fingerprint density at radius 3 is 2.43 bits per heavy atom. The van der Waals surface area contributed by atoms with E-state index in [0.717, 1.165) is 4.68 Å². The van der Waals surface area contributed by atoms with Crippen LogP contribution in [0, 0.1) is 0 Å². The zero-order valence-electron chi connectivity index (χ0n) is 16.0. The highest BCUT2D eigenvalue weighted by molar-refractivity contribution is 5.96. The Morgan fingerprint density at radius 2 is 1.77 bits per heavy atom. The normalized spacial score (nSPS) is 10.3. The number of hydrogen-bond acceptors (Lipinski definition) is 7. The molecule has 2 N–H and O–H groups in total. The standard InChI is InChI=1S/C20H18N4O6/c1-21-18(27)13-7-9-15(10-8-13)22-16(25)12-29-17(26)11-24-20(28)30-19(23-24)14-5-3-2-4-6-14/h2-10H,11-12H2,1H3,(H,21,27)(H,22,25). The van der Waals surface area contributed by atoms with Gasteiger partial charge >= 0.3 is 11.7 Å². The molecular formula is C20H18N4O6. The Bertz CT molecular complexity index is 1100.